The molecule has 128 valence electrons. The van der Waals surface area contributed by atoms with E-state index in [-0.39, 0.29) is 11.3 Å². The molecule has 0 unspecified atom stereocenters. The Labute approximate surface area is 150 Å². The van der Waals surface area contributed by atoms with E-state index in [0.29, 0.717) is 15.1 Å². The summed E-state index contributed by atoms with van der Waals surface area (Å²) in [5.41, 5.74) is -0.531. The number of hydrogen-bond donors (Lipinski definition) is 1. The van der Waals surface area contributed by atoms with Crippen LogP contribution < -0.4 is 14.8 Å². The molecule has 0 aliphatic heterocycles. The van der Waals surface area contributed by atoms with Gasteiger partial charge in [0.15, 0.2) is 11.5 Å². The Balaban J connectivity index is 2.29. The first-order valence-corrected chi connectivity index (χ1v) is 7.74. The molecule has 0 aromatic heterocycles. The number of alkyl halides is 3. The van der Waals surface area contributed by atoms with Crippen LogP contribution in [0.5, 0.6) is 11.5 Å². The highest BCUT2D eigenvalue weighted by Crippen LogP contribution is 2.34. The summed E-state index contributed by atoms with van der Waals surface area (Å²) in [5.74, 6) is 0.292. The molecule has 0 atom stereocenters. The van der Waals surface area contributed by atoms with Crippen LogP contribution in [-0.4, -0.2) is 20.1 Å². The topological polar surface area (TPSA) is 47.6 Å². The Bertz CT molecular complexity index is 763. The molecule has 0 heterocycles. The van der Waals surface area contributed by atoms with Crippen LogP contribution in [0.4, 0.5) is 18.9 Å². The lowest BCUT2D eigenvalue weighted by Gasteiger charge is -2.13. The zero-order valence-corrected chi connectivity index (χ0v) is 14.9. The summed E-state index contributed by atoms with van der Waals surface area (Å²) >= 11 is 1.98. The van der Waals surface area contributed by atoms with Crippen molar-refractivity contribution in [1.82, 2.24) is 0 Å². The van der Waals surface area contributed by atoms with Gasteiger partial charge in [0.05, 0.1) is 23.4 Å². The summed E-state index contributed by atoms with van der Waals surface area (Å²) in [6.07, 6.45) is -4.47. The summed E-state index contributed by atoms with van der Waals surface area (Å²) in [4.78, 5) is 12.3. The molecule has 8 heteroatoms. The first kappa shape index (κ1) is 18.4. The van der Waals surface area contributed by atoms with Gasteiger partial charge in [0.2, 0.25) is 0 Å². The van der Waals surface area contributed by atoms with E-state index in [1.165, 1.54) is 32.4 Å². The Morgan fingerprint density at radius 2 is 1.83 bits per heavy atom. The molecule has 0 aliphatic rings. The molecule has 0 spiro atoms. The molecule has 24 heavy (non-hydrogen) atoms. The SMILES string of the molecule is COc1cc(C(=O)Nc2cccc(C(F)(F)F)c2)cc(I)c1OC. The average molecular weight is 451 g/mol. The molecule has 0 bridgehead atoms. The summed E-state index contributed by atoms with van der Waals surface area (Å²) in [6, 6.07) is 7.46. The Morgan fingerprint density at radius 1 is 1.12 bits per heavy atom. The molecule has 2 aromatic carbocycles. The van der Waals surface area contributed by atoms with Gasteiger partial charge in [-0.1, -0.05) is 6.07 Å². The van der Waals surface area contributed by atoms with Gasteiger partial charge in [0, 0.05) is 11.3 Å². The zero-order valence-electron chi connectivity index (χ0n) is 12.7. The third kappa shape index (κ3) is 4.11. The van der Waals surface area contributed by atoms with Crippen molar-refractivity contribution in [2.45, 2.75) is 6.18 Å². The molecule has 0 aliphatic carbocycles. The normalized spacial score (nSPS) is 11.1. The van der Waals surface area contributed by atoms with Crippen molar-refractivity contribution in [3.8, 4) is 11.5 Å². The number of nitrogens with one attached hydrogen (secondary N) is 1. The smallest absolute Gasteiger partial charge is 0.416 e. The molecule has 0 saturated carbocycles. The van der Waals surface area contributed by atoms with Gasteiger partial charge in [-0.15, -0.1) is 0 Å². The van der Waals surface area contributed by atoms with Crippen molar-refractivity contribution in [1.29, 1.82) is 0 Å². The molecule has 0 saturated heterocycles. The van der Waals surface area contributed by atoms with E-state index in [0.717, 1.165) is 12.1 Å². The number of hydrogen-bond acceptors (Lipinski definition) is 3. The molecule has 2 aromatic rings. The van der Waals surface area contributed by atoms with Gasteiger partial charge in [-0.3, -0.25) is 4.79 Å². The predicted molar refractivity (Wildman–Crippen MR) is 91.7 cm³/mol. The highest BCUT2D eigenvalue weighted by molar-refractivity contribution is 14.1. The van der Waals surface area contributed by atoms with Crippen molar-refractivity contribution in [2.24, 2.45) is 0 Å². The van der Waals surface area contributed by atoms with Crippen molar-refractivity contribution in [3.05, 3.63) is 51.1 Å². The van der Waals surface area contributed by atoms with Crippen LogP contribution in [-0.2, 0) is 6.18 Å². The molecule has 1 N–H and O–H groups in total. The molecule has 2 rings (SSSR count). The number of anilines is 1. The van der Waals surface area contributed by atoms with E-state index < -0.39 is 17.6 Å². The lowest BCUT2D eigenvalue weighted by Crippen LogP contribution is -2.14. The molecule has 1 amide bonds. The average Bonchev–Trinajstić information content (AvgIpc) is 2.53. The van der Waals surface area contributed by atoms with Crippen molar-refractivity contribution >= 4 is 34.2 Å². The minimum Gasteiger partial charge on any atom is -0.493 e. The minimum atomic E-state index is -4.47. The maximum Gasteiger partial charge on any atom is 0.416 e. The number of methoxy groups -OCH3 is 2. The lowest BCUT2D eigenvalue weighted by molar-refractivity contribution is -0.137. The Hall–Kier alpha value is -1.97. The summed E-state index contributed by atoms with van der Waals surface area (Å²) in [7, 11) is 2.91. The molecular formula is C16H13F3INO3. The number of halogens is 4. The van der Waals surface area contributed by atoms with Crippen molar-refractivity contribution < 1.29 is 27.4 Å². The van der Waals surface area contributed by atoms with Gasteiger partial charge >= 0.3 is 6.18 Å². The maximum atomic E-state index is 12.7. The first-order valence-electron chi connectivity index (χ1n) is 6.66. The largest absolute Gasteiger partial charge is 0.493 e. The van der Waals surface area contributed by atoms with Crippen molar-refractivity contribution in [2.75, 3.05) is 19.5 Å². The first-order chi connectivity index (χ1) is 11.3. The number of amides is 1. The Kier molecular flexibility index (Phi) is 5.58. The fourth-order valence-electron chi connectivity index (χ4n) is 2.03. The van der Waals surface area contributed by atoms with Gasteiger partial charge in [-0.2, -0.15) is 13.2 Å². The number of benzene rings is 2. The zero-order chi connectivity index (χ0) is 17.9. The van der Waals surface area contributed by atoms with Crippen LogP contribution in [0.1, 0.15) is 15.9 Å². The van der Waals surface area contributed by atoms with E-state index in [4.69, 9.17) is 9.47 Å². The van der Waals surface area contributed by atoms with Crippen LogP contribution in [0.3, 0.4) is 0 Å². The third-order valence-corrected chi connectivity index (χ3v) is 3.94. The van der Waals surface area contributed by atoms with Crippen LogP contribution in [0.25, 0.3) is 0 Å². The molecule has 4 nitrogen and oxygen atoms in total. The van der Waals surface area contributed by atoms with E-state index in [2.05, 4.69) is 5.32 Å². The summed E-state index contributed by atoms with van der Waals surface area (Å²) in [6.45, 7) is 0. The predicted octanol–water partition coefficient (Wildman–Crippen LogP) is 4.58. The standard InChI is InChI=1S/C16H13F3INO3/c1-23-13-7-9(6-12(20)14(13)24-2)15(22)21-11-5-3-4-10(8-11)16(17,18)19/h3-8H,1-2H3,(H,21,22). The van der Waals surface area contributed by atoms with E-state index in [1.807, 2.05) is 22.6 Å². The third-order valence-electron chi connectivity index (χ3n) is 3.14. The highest BCUT2D eigenvalue weighted by Gasteiger charge is 2.30. The molecule has 0 radical (unpaired) electrons. The van der Waals surface area contributed by atoms with Gasteiger partial charge < -0.3 is 14.8 Å². The highest BCUT2D eigenvalue weighted by atomic mass is 127. The van der Waals surface area contributed by atoms with E-state index in [9.17, 15) is 18.0 Å². The van der Waals surface area contributed by atoms with Crippen LogP contribution in [0.15, 0.2) is 36.4 Å². The van der Waals surface area contributed by atoms with Gasteiger partial charge in [0.1, 0.15) is 0 Å². The number of carbonyl (C=O) groups is 1. The second kappa shape index (κ2) is 7.29. The van der Waals surface area contributed by atoms with Crippen LogP contribution in [0, 0.1) is 3.57 Å². The number of carbonyl (C=O) groups excluding carboxylic acids is 1. The number of rotatable bonds is 4. The Morgan fingerprint density at radius 3 is 2.42 bits per heavy atom. The van der Waals surface area contributed by atoms with Crippen LogP contribution in [0.2, 0.25) is 0 Å². The van der Waals surface area contributed by atoms with Gasteiger partial charge in [-0.05, 0) is 52.9 Å². The fourth-order valence-corrected chi connectivity index (χ4v) is 2.85. The summed E-state index contributed by atoms with van der Waals surface area (Å²) < 4.78 is 49.1. The van der Waals surface area contributed by atoms with Gasteiger partial charge in [-0.25, -0.2) is 0 Å². The van der Waals surface area contributed by atoms with E-state index in [1.54, 1.807) is 6.07 Å². The number of ether oxygens (including phenoxy) is 2. The lowest BCUT2D eigenvalue weighted by atomic mass is 10.1. The molecular weight excluding hydrogens is 438 g/mol. The van der Waals surface area contributed by atoms with Gasteiger partial charge in [0.25, 0.3) is 5.91 Å². The maximum absolute atomic E-state index is 12.7. The van der Waals surface area contributed by atoms with Crippen LogP contribution >= 0.6 is 22.6 Å². The van der Waals surface area contributed by atoms with E-state index >= 15 is 0 Å². The monoisotopic (exact) mass is 451 g/mol. The fraction of sp³-hybridized carbons (Fsp3) is 0.188. The van der Waals surface area contributed by atoms with Crippen molar-refractivity contribution in [3.63, 3.8) is 0 Å². The summed E-state index contributed by atoms with van der Waals surface area (Å²) in [5, 5.41) is 2.45. The quantitative estimate of drug-likeness (QED) is 0.693. The second-order valence-corrected chi connectivity index (χ2v) is 5.89. The minimum absolute atomic E-state index is 0.0552. The molecule has 0 fully saturated rings. The second-order valence-electron chi connectivity index (χ2n) is 4.73.